The molecule has 3 amide bonds. The zero-order valence-electron chi connectivity index (χ0n) is 26.4. The molecule has 2 aromatic carbocycles. The molecule has 0 saturated carbocycles. The zero-order valence-corrected chi connectivity index (χ0v) is 29.0. The van der Waals surface area contributed by atoms with E-state index in [0.717, 1.165) is 16.5 Å². The summed E-state index contributed by atoms with van der Waals surface area (Å²) in [5.41, 5.74) is 0.397. The molecule has 0 bridgehead atoms. The number of nitrogens with zero attached hydrogens (tertiary/aromatic N) is 3. The lowest BCUT2D eigenvalue weighted by atomic mass is 9.82. The summed E-state index contributed by atoms with van der Waals surface area (Å²) in [6.45, 7) is 6.91. The number of carbonyl (C=O) groups is 4. The average molecular weight is 717 g/mol. The molecule has 6 rings (SSSR count). The zero-order chi connectivity index (χ0) is 33.1. The van der Waals surface area contributed by atoms with Crippen molar-refractivity contribution >= 4 is 59.4 Å². The molecule has 246 valence electrons. The van der Waals surface area contributed by atoms with Crippen molar-refractivity contribution in [3.05, 3.63) is 58.1 Å². The van der Waals surface area contributed by atoms with E-state index in [1.165, 1.54) is 11.8 Å². The molecule has 0 aliphatic carbocycles. The number of aliphatic hydroxyl groups excluding tert-OH is 1. The van der Waals surface area contributed by atoms with Gasteiger partial charge in [0.15, 0.2) is 11.8 Å². The fraction of sp³-hybridized carbons (Fsp3) is 0.515. The average Bonchev–Trinajstić information content (AvgIpc) is 3.63. The van der Waals surface area contributed by atoms with Crippen molar-refractivity contribution in [2.75, 3.05) is 23.0 Å². The van der Waals surface area contributed by atoms with Crippen molar-refractivity contribution in [2.24, 2.45) is 5.92 Å². The van der Waals surface area contributed by atoms with Crippen molar-refractivity contribution in [3.8, 4) is 0 Å². The number of anilines is 2. The first-order chi connectivity index (χ1) is 21.8. The second kappa shape index (κ2) is 12.1. The first kappa shape index (κ1) is 32.8. The van der Waals surface area contributed by atoms with Gasteiger partial charge >= 0.3 is 5.97 Å². The van der Waals surface area contributed by atoms with Crippen LogP contribution in [0.1, 0.15) is 50.7 Å². The summed E-state index contributed by atoms with van der Waals surface area (Å²) in [6, 6.07) is 12.4. The van der Waals surface area contributed by atoms with Crippen LogP contribution in [0.2, 0.25) is 18.6 Å². The number of carbonyl (C=O) groups excluding carboxylic acids is 4. The minimum Gasteiger partial charge on any atom is -0.441 e. The molecule has 4 aliphatic rings. The number of halogens is 2. The van der Waals surface area contributed by atoms with Crippen LogP contribution in [0.4, 0.5) is 15.5 Å². The SMILES string of the molecule is CC(=O)OC1CC(=O)N1c1cccc(CN2C(=O)[C@]3(O[C@H](CC(=O)N4CCC[C@H]4CO)[C@@H]([Si](C)(C)F)[C@@H]3C)c3cc(Br)ccc32)c1. The molecule has 0 aromatic heterocycles. The van der Waals surface area contributed by atoms with Crippen molar-refractivity contribution in [1.29, 1.82) is 0 Å². The molecule has 4 aliphatic heterocycles. The number of aliphatic hydroxyl groups is 1. The van der Waals surface area contributed by atoms with E-state index >= 15 is 4.11 Å². The Balaban J connectivity index is 1.33. The van der Waals surface area contributed by atoms with Crippen LogP contribution in [0, 0.1) is 5.92 Å². The third-order valence-electron chi connectivity index (χ3n) is 9.94. The molecule has 2 aromatic rings. The van der Waals surface area contributed by atoms with E-state index in [1.54, 1.807) is 41.1 Å². The summed E-state index contributed by atoms with van der Waals surface area (Å²) in [5, 5.41) is 9.81. The van der Waals surface area contributed by atoms with Crippen LogP contribution in [0.5, 0.6) is 0 Å². The van der Waals surface area contributed by atoms with E-state index in [-0.39, 0.29) is 49.8 Å². The lowest BCUT2D eigenvalue weighted by Gasteiger charge is -2.39. The van der Waals surface area contributed by atoms with Crippen LogP contribution in [-0.4, -0.2) is 73.6 Å². The fourth-order valence-electron chi connectivity index (χ4n) is 7.99. The Kier molecular flexibility index (Phi) is 8.66. The second-order valence-electron chi connectivity index (χ2n) is 13.3. The highest BCUT2D eigenvalue weighted by Crippen LogP contribution is 2.60. The van der Waals surface area contributed by atoms with Gasteiger partial charge in [-0.3, -0.25) is 24.1 Å². The Labute approximate surface area is 277 Å². The summed E-state index contributed by atoms with van der Waals surface area (Å²) >= 11 is 3.55. The molecule has 10 nitrogen and oxygen atoms in total. The number of hydrogen-bond acceptors (Lipinski definition) is 7. The van der Waals surface area contributed by atoms with E-state index in [9.17, 15) is 24.3 Å². The molecule has 13 heteroatoms. The molecule has 6 atom stereocenters. The van der Waals surface area contributed by atoms with E-state index in [0.29, 0.717) is 29.9 Å². The largest absolute Gasteiger partial charge is 0.441 e. The highest BCUT2D eigenvalue weighted by atomic mass is 79.9. The Hall–Kier alpha value is -3.13. The third-order valence-corrected chi connectivity index (χ3v) is 12.9. The van der Waals surface area contributed by atoms with E-state index < -0.39 is 43.8 Å². The van der Waals surface area contributed by atoms with Gasteiger partial charge in [0.05, 0.1) is 43.8 Å². The molecule has 3 saturated heterocycles. The quantitative estimate of drug-likeness (QED) is 0.181. The lowest BCUT2D eigenvalue weighted by Crippen LogP contribution is -2.54. The Bertz CT molecular complexity index is 1590. The van der Waals surface area contributed by atoms with E-state index in [2.05, 4.69) is 15.9 Å². The van der Waals surface area contributed by atoms with E-state index in [1.807, 2.05) is 31.2 Å². The maximum Gasteiger partial charge on any atom is 0.304 e. The van der Waals surface area contributed by atoms with Gasteiger partial charge in [0, 0.05) is 40.7 Å². The van der Waals surface area contributed by atoms with Gasteiger partial charge in [-0.1, -0.05) is 35.0 Å². The minimum absolute atomic E-state index is 0.0698. The molecule has 1 unspecified atom stereocenters. The number of benzene rings is 2. The van der Waals surface area contributed by atoms with Gasteiger partial charge in [0.2, 0.25) is 20.2 Å². The van der Waals surface area contributed by atoms with Gasteiger partial charge in [-0.2, -0.15) is 0 Å². The summed E-state index contributed by atoms with van der Waals surface area (Å²) in [4.78, 5) is 57.0. The summed E-state index contributed by atoms with van der Waals surface area (Å²) in [5.74, 6) is -1.75. The number of hydrogen-bond donors (Lipinski definition) is 1. The Morgan fingerprint density at radius 3 is 2.63 bits per heavy atom. The van der Waals surface area contributed by atoms with Crippen LogP contribution in [0.25, 0.3) is 0 Å². The number of amides is 3. The van der Waals surface area contributed by atoms with Gasteiger partial charge in [-0.15, -0.1) is 0 Å². The number of ether oxygens (including phenoxy) is 2. The van der Waals surface area contributed by atoms with Crippen LogP contribution < -0.4 is 9.80 Å². The van der Waals surface area contributed by atoms with Gasteiger partial charge in [0.25, 0.3) is 5.91 Å². The van der Waals surface area contributed by atoms with Crippen LogP contribution in [0.3, 0.4) is 0 Å². The van der Waals surface area contributed by atoms with Crippen LogP contribution in [0.15, 0.2) is 46.9 Å². The van der Waals surface area contributed by atoms with E-state index in [4.69, 9.17) is 9.47 Å². The minimum atomic E-state index is -3.48. The van der Waals surface area contributed by atoms with Crippen molar-refractivity contribution in [1.82, 2.24) is 4.90 Å². The normalized spacial score (nSPS) is 29.0. The Morgan fingerprint density at radius 1 is 1.20 bits per heavy atom. The highest BCUT2D eigenvalue weighted by Gasteiger charge is 2.67. The second-order valence-corrected chi connectivity index (χ2v) is 18.0. The third kappa shape index (κ3) is 5.48. The molecule has 46 heavy (non-hydrogen) atoms. The maximum atomic E-state index is 16.2. The molecule has 1 N–H and O–H groups in total. The van der Waals surface area contributed by atoms with Crippen molar-refractivity contribution in [2.45, 2.75) is 88.7 Å². The first-order valence-electron chi connectivity index (χ1n) is 15.7. The maximum absolute atomic E-state index is 16.2. The van der Waals surface area contributed by atoms with Gasteiger partial charge < -0.3 is 28.5 Å². The fourth-order valence-corrected chi connectivity index (χ4v) is 10.8. The molecule has 4 heterocycles. The predicted molar refractivity (Wildman–Crippen MR) is 174 cm³/mol. The molecule has 1 spiro atoms. The molecule has 3 fully saturated rings. The smallest absolute Gasteiger partial charge is 0.304 e. The summed E-state index contributed by atoms with van der Waals surface area (Å²) < 4.78 is 29.0. The lowest BCUT2D eigenvalue weighted by molar-refractivity contribution is -0.154. The first-order valence-corrected chi connectivity index (χ1v) is 19.5. The summed E-state index contributed by atoms with van der Waals surface area (Å²) in [6.07, 6.45) is 0.0467. The predicted octanol–water partition coefficient (Wildman–Crippen LogP) is 4.77. The monoisotopic (exact) mass is 715 g/mol. The number of esters is 1. The highest BCUT2D eigenvalue weighted by molar-refractivity contribution is 9.10. The van der Waals surface area contributed by atoms with Crippen LogP contribution in [-0.2, 0) is 40.8 Å². The Morgan fingerprint density at radius 2 is 1.96 bits per heavy atom. The van der Waals surface area contributed by atoms with Gasteiger partial charge in [-0.25, -0.2) is 0 Å². The molecular formula is C33H39BrFN3O7Si. The number of fused-ring (bicyclic) bond motifs is 2. The number of likely N-dealkylation sites (tertiary alicyclic amines) is 1. The van der Waals surface area contributed by atoms with Crippen molar-refractivity contribution < 1.29 is 37.9 Å². The summed E-state index contributed by atoms with van der Waals surface area (Å²) in [7, 11) is -3.48. The van der Waals surface area contributed by atoms with Gasteiger partial charge in [0.1, 0.15) is 0 Å². The number of β-lactam (4-membered cyclic amide) rings is 1. The topological polar surface area (TPSA) is 117 Å². The molecule has 0 radical (unpaired) electrons. The van der Waals surface area contributed by atoms with Crippen LogP contribution >= 0.6 is 15.9 Å². The van der Waals surface area contributed by atoms with Crippen molar-refractivity contribution in [3.63, 3.8) is 0 Å². The standard InChI is InChI=1S/C33H39BrFN3O7Si/c1-19-31(46(3,4)35)27(15-28(41)36-12-6-9-24(36)18-39)45-33(19)25-14-22(34)10-11-26(25)37(32(33)43)17-21-7-5-8-23(13-21)38-29(42)16-30(38)44-20(2)40/h5,7-8,10-11,13-14,19,24,27,30-31,39H,6,9,12,15-18H2,1-4H3/t19-,24-,27+,30?,31-,33+/m0/s1. The molecular weight excluding hydrogens is 677 g/mol. The van der Waals surface area contributed by atoms with Gasteiger partial charge in [-0.05, 0) is 61.8 Å². The number of rotatable bonds is 8.